The first-order chi connectivity index (χ1) is 11.6. The lowest BCUT2D eigenvalue weighted by Gasteiger charge is -2.09. The molecule has 0 aliphatic carbocycles. The topological polar surface area (TPSA) is 18.0 Å². The van der Waals surface area contributed by atoms with Crippen LogP contribution in [0.4, 0.5) is 0 Å². The molecule has 0 saturated heterocycles. The van der Waals surface area contributed by atoms with Crippen molar-refractivity contribution < 1.29 is 9.42 Å². The summed E-state index contributed by atoms with van der Waals surface area (Å²) in [4.78, 5) is 0. The van der Waals surface area contributed by atoms with E-state index in [9.17, 15) is 0 Å². The van der Waals surface area contributed by atoms with Crippen LogP contribution in [0.5, 0.6) is 5.75 Å². The molecule has 0 aliphatic rings. The van der Waals surface area contributed by atoms with Crippen molar-refractivity contribution >= 4 is 11.6 Å². The van der Waals surface area contributed by atoms with Gasteiger partial charge < -0.3 is 4.74 Å². The Bertz CT molecular complexity index is 778. The van der Waals surface area contributed by atoms with Gasteiger partial charge in [-0.15, -0.1) is 4.68 Å². The van der Waals surface area contributed by atoms with Gasteiger partial charge in [0.15, 0.2) is 18.3 Å². The van der Waals surface area contributed by atoms with Crippen LogP contribution in [-0.4, -0.2) is 10.2 Å². The summed E-state index contributed by atoms with van der Waals surface area (Å²) < 4.78 is 10.2. The van der Waals surface area contributed by atoms with Crippen LogP contribution in [0.3, 0.4) is 0 Å². The summed E-state index contributed by atoms with van der Waals surface area (Å²) in [6.07, 6.45) is 1.58. The molecule has 2 aromatic carbocycles. The van der Waals surface area contributed by atoms with Crippen molar-refractivity contribution in [3.63, 3.8) is 0 Å². The Morgan fingerprint density at radius 2 is 1.58 bits per heavy atom. The molecule has 0 fully saturated rings. The molecule has 1 unspecified atom stereocenters. The van der Waals surface area contributed by atoms with Crippen LogP contribution in [0.2, 0.25) is 0 Å². The van der Waals surface area contributed by atoms with Crippen LogP contribution in [0.15, 0.2) is 73.3 Å². The minimum atomic E-state index is -0.600. The van der Waals surface area contributed by atoms with Gasteiger partial charge in [0.1, 0.15) is 0 Å². The van der Waals surface area contributed by atoms with E-state index in [2.05, 4.69) is 40.2 Å². The molecule has 122 valence electrons. The highest BCUT2D eigenvalue weighted by Crippen LogP contribution is 2.38. The maximum atomic E-state index is 6.22. The van der Waals surface area contributed by atoms with Gasteiger partial charge >= 0.3 is 0 Å². The zero-order valence-electron chi connectivity index (χ0n) is 13.8. The largest absolute Gasteiger partial charge is 0.462 e. The zero-order valence-corrected chi connectivity index (χ0v) is 14.6. The summed E-state index contributed by atoms with van der Waals surface area (Å²) in [5.41, 5.74) is 3.49. The van der Waals surface area contributed by atoms with Crippen LogP contribution in [0, 0.1) is 0 Å². The monoisotopic (exact) mass is 339 g/mol. The van der Waals surface area contributed by atoms with E-state index >= 15 is 0 Å². The Kier molecular flexibility index (Phi) is 4.72. The molecule has 0 bridgehead atoms. The van der Waals surface area contributed by atoms with Crippen molar-refractivity contribution in [3.05, 3.63) is 73.3 Å². The zero-order chi connectivity index (χ0) is 17.1. The molecule has 0 N–H and O–H groups in total. The van der Waals surface area contributed by atoms with Crippen LogP contribution in [0.1, 0.15) is 0 Å². The summed E-state index contributed by atoms with van der Waals surface area (Å²) in [6.45, 7) is 3.72. The first-order valence-electron chi connectivity index (χ1n) is 7.76. The van der Waals surface area contributed by atoms with Gasteiger partial charge in [0, 0.05) is 5.56 Å². The smallest absolute Gasteiger partial charge is 0.280 e. The summed E-state index contributed by atoms with van der Waals surface area (Å²) in [6, 6.07) is 20.3. The molecular weight excluding hydrogens is 320 g/mol. The number of nitrogens with zero attached hydrogens (tertiary/aromatic N) is 2. The van der Waals surface area contributed by atoms with Gasteiger partial charge in [0.2, 0.25) is 5.75 Å². The van der Waals surface area contributed by atoms with Crippen LogP contribution < -0.4 is 9.42 Å². The summed E-state index contributed by atoms with van der Waals surface area (Å²) >= 11 is 6.22. The van der Waals surface area contributed by atoms with Crippen molar-refractivity contribution in [2.45, 2.75) is 5.56 Å². The molecule has 1 atom stereocenters. The molecule has 4 heteroatoms. The number of benzene rings is 2. The maximum absolute atomic E-state index is 6.22. The third kappa shape index (κ3) is 2.95. The Labute approximate surface area is 147 Å². The summed E-state index contributed by atoms with van der Waals surface area (Å²) in [5, 5.41) is 0. The molecule has 1 aromatic heterocycles. The molecule has 0 amide bonds. The number of hydrogen-bond donors (Lipinski definition) is 0. The molecule has 3 rings (SSSR count). The van der Waals surface area contributed by atoms with Crippen LogP contribution in [0.25, 0.3) is 22.5 Å². The fourth-order valence-corrected chi connectivity index (χ4v) is 2.90. The standard InChI is InChI=1S/C20H20ClN2O/c1-4-17(21)24-20-18(15-11-7-5-8-12-15)22(2)23(3)19(20)16-13-9-6-10-14-16/h4-14,17H,1H2,2-3H3/q+1. The Balaban J connectivity index is 2.28. The Morgan fingerprint density at radius 3 is 2.12 bits per heavy atom. The minimum absolute atomic E-state index is 0.600. The fourth-order valence-electron chi connectivity index (χ4n) is 2.81. The van der Waals surface area contributed by atoms with Gasteiger partial charge in [-0.1, -0.05) is 66.7 Å². The van der Waals surface area contributed by atoms with Crippen molar-refractivity contribution in [2.75, 3.05) is 0 Å². The quantitative estimate of drug-likeness (QED) is 0.385. The lowest BCUT2D eigenvalue weighted by atomic mass is 10.1. The lowest BCUT2D eigenvalue weighted by molar-refractivity contribution is -0.740. The molecule has 0 spiro atoms. The minimum Gasteiger partial charge on any atom is -0.462 e. The predicted molar refractivity (Wildman–Crippen MR) is 97.9 cm³/mol. The van der Waals surface area contributed by atoms with Gasteiger partial charge in [-0.2, -0.15) is 4.68 Å². The highest BCUT2D eigenvalue weighted by molar-refractivity contribution is 6.21. The highest BCUT2D eigenvalue weighted by atomic mass is 35.5. The number of rotatable bonds is 5. The van der Waals surface area contributed by atoms with Gasteiger partial charge in [0.25, 0.3) is 5.69 Å². The molecule has 0 aliphatic heterocycles. The van der Waals surface area contributed by atoms with E-state index in [1.54, 1.807) is 6.08 Å². The summed E-state index contributed by atoms with van der Waals surface area (Å²) in [5.74, 6) is 0.748. The molecule has 0 radical (unpaired) electrons. The second-order valence-electron chi connectivity index (χ2n) is 5.51. The van der Waals surface area contributed by atoms with E-state index in [1.807, 2.05) is 50.5 Å². The normalized spacial score (nSPS) is 12.0. The van der Waals surface area contributed by atoms with E-state index in [0.717, 1.165) is 28.3 Å². The number of ether oxygens (including phenoxy) is 1. The molecule has 3 nitrogen and oxygen atoms in total. The van der Waals surface area contributed by atoms with E-state index in [1.165, 1.54) is 0 Å². The maximum Gasteiger partial charge on any atom is 0.280 e. The van der Waals surface area contributed by atoms with Gasteiger partial charge in [0.05, 0.1) is 12.6 Å². The predicted octanol–water partition coefficient (Wildman–Crippen LogP) is 4.31. The van der Waals surface area contributed by atoms with Gasteiger partial charge in [-0.25, -0.2) is 0 Å². The first kappa shape index (κ1) is 16.3. The van der Waals surface area contributed by atoms with Gasteiger partial charge in [-0.05, 0) is 18.2 Å². The summed E-state index contributed by atoms with van der Waals surface area (Å²) in [7, 11) is 4.03. The number of aromatic nitrogens is 2. The average molecular weight is 340 g/mol. The molecular formula is C20H20ClN2O+. The second kappa shape index (κ2) is 6.93. The van der Waals surface area contributed by atoms with Crippen LogP contribution >= 0.6 is 11.6 Å². The SMILES string of the molecule is C=CC(Cl)Oc1c(-c2ccccc2)n(C)[n+](C)c1-c1ccccc1. The highest BCUT2D eigenvalue weighted by Gasteiger charge is 2.31. The third-order valence-corrected chi connectivity index (χ3v) is 4.30. The van der Waals surface area contributed by atoms with E-state index < -0.39 is 5.56 Å². The van der Waals surface area contributed by atoms with Crippen molar-refractivity contribution in [1.29, 1.82) is 0 Å². The first-order valence-corrected chi connectivity index (χ1v) is 8.20. The van der Waals surface area contributed by atoms with E-state index in [0.29, 0.717) is 0 Å². The Morgan fingerprint density at radius 1 is 1.04 bits per heavy atom. The number of alkyl halides is 1. The Hall–Kier alpha value is -2.52. The van der Waals surface area contributed by atoms with Crippen molar-refractivity contribution in [3.8, 4) is 28.3 Å². The number of hydrogen-bond acceptors (Lipinski definition) is 1. The van der Waals surface area contributed by atoms with E-state index in [4.69, 9.17) is 16.3 Å². The third-order valence-electron chi connectivity index (χ3n) is 4.04. The van der Waals surface area contributed by atoms with Gasteiger partial charge in [-0.3, -0.25) is 0 Å². The average Bonchev–Trinajstić information content (AvgIpc) is 2.87. The lowest BCUT2D eigenvalue weighted by Crippen LogP contribution is -2.39. The molecule has 3 aromatic rings. The second-order valence-corrected chi connectivity index (χ2v) is 5.94. The van der Waals surface area contributed by atoms with E-state index in [-0.39, 0.29) is 0 Å². The molecule has 24 heavy (non-hydrogen) atoms. The van der Waals surface area contributed by atoms with Crippen LogP contribution in [-0.2, 0) is 14.1 Å². The fraction of sp³-hybridized carbons (Fsp3) is 0.150. The van der Waals surface area contributed by atoms with Crippen molar-refractivity contribution in [2.24, 2.45) is 14.1 Å². The molecule has 1 heterocycles. The number of halogens is 1. The van der Waals surface area contributed by atoms with Crippen molar-refractivity contribution in [1.82, 2.24) is 4.68 Å². The molecule has 0 saturated carbocycles.